The Morgan fingerprint density at radius 2 is 1.74 bits per heavy atom. The number of para-hydroxylation sites is 1. The van der Waals surface area contributed by atoms with Gasteiger partial charge in [-0.3, -0.25) is 0 Å². The highest BCUT2D eigenvalue weighted by atomic mass is 32.1. The van der Waals surface area contributed by atoms with Crippen molar-refractivity contribution in [3.05, 3.63) is 42.0 Å². The second-order valence-electron chi connectivity index (χ2n) is 5.24. The maximum atomic E-state index is 5.32. The number of benzene rings is 1. The van der Waals surface area contributed by atoms with E-state index >= 15 is 0 Å². The number of hydrogen-bond acceptors (Lipinski definition) is 1. The van der Waals surface area contributed by atoms with Crippen molar-refractivity contribution >= 4 is 23.0 Å². The van der Waals surface area contributed by atoms with E-state index in [0.29, 0.717) is 23.5 Å². The van der Waals surface area contributed by atoms with Crippen LogP contribution in [0.5, 0.6) is 0 Å². The predicted molar refractivity (Wildman–Crippen MR) is 89.0 cm³/mol. The lowest BCUT2D eigenvalue weighted by Crippen LogP contribution is -2.29. The van der Waals surface area contributed by atoms with Gasteiger partial charge in [0, 0.05) is 12.2 Å². The third kappa shape index (κ3) is 4.35. The lowest BCUT2D eigenvalue weighted by molar-refractivity contribution is 0.838. The molecule has 0 radical (unpaired) electrons. The molecular formula is C16H24N2S. The highest BCUT2D eigenvalue weighted by Gasteiger charge is 2.14. The van der Waals surface area contributed by atoms with Gasteiger partial charge in [-0.05, 0) is 35.2 Å². The van der Waals surface area contributed by atoms with Crippen LogP contribution in [-0.2, 0) is 0 Å². The SMILES string of the molecule is C=CCNC(=S)Nc1c(C(C)C)cccc1C(C)C. The second kappa shape index (κ2) is 7.29. The van der Waals surface area contributed by atoms with Crippen molar-refractivity contribution in [2.24, 2.45) is 0 Å². The van der Waals surface area contributed by atoms with E-state index in [2.05, 4.69) is 63.1 Å². The maximum absolute atomic E-state index is 5.32. The van der Waals surface area contributed by atoms with Crippen LogP contribution >= 0.6 is 12.2 Å². The van der Waals surface area contributed by atoms with Crippen molar-refractivity contribution in [2.75, 3.05) is 11.9 Å². The van der Waals surface area contributed by atoms with Crippen molar-refractivity contribution in [1.82, 2.24) is 5.32 Å². The van der Waals surface area contributed by atoms with E-state index in [4.69, 9.17) is 12.2 Å². The zero-order valence-electron chi connectivity index (χ0n) is 12.3. The first-order valence-electron chi connectivity index (χ1n) is 6.75. The van der Waals surface area contributed by atoms with Crippen molar-refractivity contribution in [3.63, 3.8) is 0 Å². The summed E-state index contributed by atoms with van der Waals surface area (Å²) in [7, 11) is 0. The standard InChI is InChI=1S/C16H24N2S/c1-6-10-17-16(19)18-15-13(11(2)3)8-7-9-14(15)12(4)5/h6-9,11-12H,1,10H2,2-5H3,(H2,17,18,19). The van der Waals surface area contributed by atoms with E-state index < -0.39 is 0 Å². The minimum Gasteiger partial charge on any atom is -0.359 e. The molecule has 3 heteroatoms. The Balaban J connectivity index is 3.07. The van der Waals surface area contributed by atoms with E-state index in [1.54, 1.807) is 6.08 Å². The normalized spacial score (nSPS) is 10.6. The van der Waals surface area contributed by atoms with E-state index in [1.165, 1.54) is 11.1 Å². The van der Waals surface area contributed by atoms with Crippen LogP contribution in [0, 0.1) is 0 Å². The summed E-state index contributed by atoms with van der Waals surface area (Å²) in [6.07, 6.45) is 1.80. The van der Waals surface area contributed by atoms with Crippen LogP contribution in [0.3, 0.4) is 0 Å². The van der Waals surface area contributed by atoms with Crippen molar-refractivity contribution in [2.45, 2.75) is 39.5 Å². The highest BCUT2D eigenvalue weighted by Crippen LogP contribution is 2.32. The summed E-state index contributed by atoms with van der Waals surface area (Å²) in [6.45, 7) is 13.2. The highest BCUT2D eigenvalue weighted by molar-refractivity contribution is 7.80. The van der Waals surface area contributed by atoms with Crippen LogP contribution in [-0.4, -0.2) is 11.7 Å². The van der Waals surface area contributed by atoms with Crippen LogP contribution in [0.25, 0.3) is 0 Å². The molecule has 2 N–H and O–H groups in total. The van der Waals surface area contributed by atoms with E-state index in [0.717, 1.165) is 5.69 Å². The topological polar surface area (TPSA) is 24.1 Å². The second-order valence-corrected chi connectivity index (χ2v) is 5.65. The van der Waals surface area contributed by atoms with Gasteiger partial charge in [-0.15, -0.1) is 6.58 Å². The molecule has 0 spiro atoms. The molecule has 1 aromatic carbocycles. The van der Waals surface area contributed by atoms with Gasteiger partial charge >= 0.3 is 0 Å². The zero-order chi connectivity index (χ0) is 14.4. The van der Waals surface area contributed by atoms with Crippen molar-refractivity contribution in [1.29, 1.82) is 0 Å². The quantitative estimate of drug-likeness (QED) is 0.615. The molecule has 0 aliphatic rings. The zero-order valence-corrected chi connectivity index (χ0v) is 13.1. The van der Waals surface area contributed by atoms with Crippen LogP contribution in [0.15, 0.2) is 30.9 Å². The average Bonchev–Trinajstić information content (AvgIpc) is 2.35. The van der Waals surface area contributed by atoms with E-state index in [-0.39, 0.29) is 0 Å². The maximum Gasteiger partial charge on any atom is 0.171 e. The number of rotatable bonds is 5. The molecule has 0 bridgehead atoms. The largest absolute Gasteiger partial charge is 0.359 e. The van der Waals surface area contributed by atoms with Crippen molar-refractivity contribution < 1.29 is 0 Å². The molecule has 0 atom stereocenters. The summed E-state index contributed by atoms with van der Waals surface area (Å²) in [5, 5.41) is 7.11. The monoisotopic (exact) mass is 276 g/mol. The van der Waals surface area contributed by atoms with E-state index in [9.17, 15) is 0 Å². The van der Waals surface area contributed by atoms with Crippen LogP contribution in [0.2, 0.25) is 0 Å². The molecule has 19 heavy (non-hydrogen) atoms. The summed E-state index contributed by atoms with van der Waals surface area (Å²) < 4.78 is 0. The summed E-state index contributed by atoms with van der Waals surface area (Å²) >= 11 is 5.32. The van der Waals surface area contributed by atoms with Gasteiger partial charge in [0.1, 0.15) is 0 Å². The third-order valence-corrected chi connectivity index (χ3v) is 3.26. The Morgan fingerprint density at radius 1 is 1.21 bits per heavy atom. The Labute approximate surface area is 122 Å². The molecule has 0 heterocycles. The fourth-order valence-electron chi connectivity index (χ4n) is 2.02. The molecule has 0 saturated heterocycles. The van der Waals surface area contributed by atoms with Gasteiger partial charge in [0.2, 0.25) is 0 Å². The molecule has 0 saturated carbocycles. The summed E-state index contributed by atoms with van der Waals surface area (Å²) in [5.74, 6) is 0.923. The molecule has 104 valence electrons. The number of thiocarbonyl (C=S) groups is 1. The third-order valence-electron chi connectivity index (χ3n) is 3.02. The average molecular weight is 276 g/mol. The lowest BCUT2D eigenvalue weighted by atomic mass is 9.93. The van der Waals surface area contributed by atoms with Gasteiger partial charge in [0.15, 0.2) is 5.11 Å². The molecule has 0 fully saturated rings. The fraction of sp³-hybridized carbons (Fsp3) is 0.438. The van der Waals surface area contributed by atoms with Crippen LogP contribution in [0.1, 0.15) is 50.7 Å². The first-order valence-corrected chi connectivity index (χ1v) is 7.16. The van der Waals surface area contributed by atoms with Crippen LogP contribution < -0.4 is 10.6 Å². The molecule has 0 unspecified atom stereocenters. The minimum atomic E-state index is 0.461. The number of nitrogens with one attached hydrogen (secondary N) is 2. The Kier molecular flexibility index (Phi) is 6.03. The van der Waals surface area contributed by atoms with Crippen LogP contribution in [0.4, 0.5) is 5.69 Å². The Morgan fingerprint density at radius 3 is 2.16 bits per heavy atom. The fourth-order valence-corrected chi connectivity index (χ4v) is 2.20. The summed E-state index contributed by atoms with van der Waals surface area (Å²) in [4.78, 5) is 0. The molecule has 0 aliphatic heterocycles. The number of anilines is 1. The first kappa shape index (κ1) is 15.7. The van der Waals surface area contributed by atoms with Gasteiger partial charge in [-0.25, -0.2) is 0 Å². The van der Waals surface area contributed by atoms with Gasteiger partial charge in [0.25, 0.3) is 0 Å². The molecule has 0 aliphatic carbocycles. The molecule has 0 aromatic heterocycles. The molecule has 1 rings (SSSR count). The molecule has 2 nitrogen and oxygen atoms in total. The van der Waals surface area contributed by atoms with Gasteiger partial charge in [-0.1, -0.05) is 52.0 Å². The molecular weight excluding hydrogens is 252 g/mol. The van der Waals surface area contributed by atoms with E-state index in [1.807, 2.05) is 0 Å². The predicted octanol–water partition coefficient (Wildman–Crippen LogP) is 4.41. The molecule has 0 amide bonds. The van der Waals surface area contributed by atoms with Gasteiger partial charge in [0.05, 0.1) is 0 Å². The minimum absolute atomic E-state index is 0.461. The smallest absolute Gasteiger partial charge is 0.171 e. The summed E-state index contributed by atoms with van der Waals surface area (Å²) in [6, 6.07) is 6.44. The Hall–Kier alpha value is -1.35. The lowest BCUT2D eigenvalue weighted by Gasteiger charge is -2.21. The van der Waals surface area contributed by atoms with Gasteiger partial charge in [-0.2, -0.15) is 0 Å². The summed E-state index contributed by atoms with van der Waals surface area (Å²) in [5.41, 5.74) is 3.75. The number of hydrogen-bond donors (Lipinski definition) is 2. The first-order chi connectivity index (χ1) is 8.97. The Bertz CT molecular complexity index is 424. The van der Waals surface area contributed by atoms with Crippen molar-refractivity contribution in [3.8, 4) is 0 Å². The van der Waals surface area contributed by atoms with Gasteiger partial charge < -0.3 is 10.6 Å². The molecule has 1 aromatic rings.